The fraction of sp³-hybridized carbons (Fsp3) is 0.294. The fourth-order valence-electron chi connectivity index (χ4n) is 2.61. The number of rotatable bonds is 5. The van der Waals surface area contributed by atoms with Gasteiger partial charge in [0.15, 0.2) is 0 Å². The zero-order valence-corrected chi connectivity index (χ0v) is 13.4. The van der Waals surface area contributed by atoms with E-state index >= 15 is 0 Å². The third kappa shape index (κ3) is 3.12. The number of fused-ring (bicyclic) bond motifs is 1. The molecule has 0 atom stereocenters. The highest BCUT2D eigenvalue weighted by Crippen LogP contribution is 2.31. The normalized spacial score (nSPS) is 11.6. The molecular formula is C17H21N3S. The summed E-state index contributed by atoms with van der Waals surface area (Å²) >= 11 is 1.64. The van der Waals surface area contributed by atoms with Crippen LogP contribution in [0.4, 0.5) is 5.00 Å². The van der Waals surface area contributed by atoms with E-state index in [9.17, 15) is 0 Å². The summed E-state index contributed by atoms with van der Waals surface area (Å²) in [4.78, 5) is 3.46. The summed E-state index contributed by atoms with van der Waals surface area (Å²) in [5, 5.41) is 2.16. The van der Waals surface area contributed by atoms with E-state index in [0.29, 0.717) is 0 Å². The number of thiophene rings is 1. The van der Waals surface area contributed by atoms with Crippen LogP contribution in [-0.2, 0) is 6.54 Å². The molecule has 0 bridgehead atoms. The van der Waals surface area contributed by atoms with Gasteiger partial charge in [-0.25, -0.2) is 0 Å². The van der Waals surface area contributed by atoms with Crippen molar-refractivity contribution in [1.29, 1.82) is 0 Å². The maximum Gasteiger partial charge on any atom is 0.0862 e. The van der Waals surface area contributed by atoms with E-state index in [1.165, 1.54) is 27.8 Å². The molecule has 0 amide bonds. The molecule has 1 aromatic carbocycles. The lowest BCUT2D eigenvalue weighted by atomic mass is 10.1. The largest absolute Gasteiger partial charge is 0.391 e. The topological polar surface area (TPSA) is 34.2 Å². The van der Waals surface area contributed by atoms with E-state index in [1.807, 2.05) is 6.07 Å². The molecule has 0 radical (unpaired) electrons. The molecule has 21 heavy (non-hydrogen) atoms. The number of nitrogen functional groups attached to an aromatic ring is 1. The van der Waals surface area contributed by atoms with Gasteiger partial charge in [-0.3, -0.25) is 0 Å². The molecule has 0 spiro atoms. The number of hydrogen-bond acceptors (Lipinski definition) is 3. The second-order valence-electron chi connectivity index (χ2n) is 5.64. The van der Waals surface area contributed by atoms with Crippen molar-refractivity contribution >= 4 is 27.2 Å². The Bertz CT molecular complexity index is 739. The van der Waals surface area contributed by atoms with E-state index in [0.717, 1.165) is 18.1 Å². The van der Waals surface area contributed by atoms with Crippen LogP contribution >= 0.6 is 11.3 Å². The molecular weight excluding hydrogens is 278 g/mol. The summed E-state index contributed by atoms with van der Waals surface area (Å²) in [6, 6.07) is 12.9. The van der Waals surface area contributed by atoms with Crippen LogP contribution in [0.2, 0.25) is 0 Å². The molecule has 4 heteroatoms. The van der Waals surface area contributed by atoms with E-state index in [2.05, 4.69) is 60.1 Å². The Balaban J connectivity index is 1.84. The van der Waals surface area contributed by atoms with Crippen molar-refractivity contribution in [2.24, 2.45) is 0 Å². The van der Waals surface area contributed by atoms with Crippen molar-refractivity contribution in [3.05, 3.63) is 42.6 Å². The summed E-state index contributed by atoms with van der Waals surface area (Å²) in [5.74, 6) is 0. The lowest BCUT2D eigenvalue weighted by Crippen LogP contribution is -2.14. The second-order valence-corrected chi connectivity index (χ2v) is 6.76. The van der Waals surface area contributed by atoms with Gasteiger partial charge in [0, 0.05) is 28.5 Å². The van der Waals surface area contributed by atoms with Crippen molar-refractivity contribution in [1.82, 2.24) is 9.47 Å². The molecule has 0 saturated carbocycles. The average molecular weight is 299 g/mol. The molecule has 3 rings (SSSR count). The number of nitrogens with two attached hydrogens (primary N) is 1. The summed E-state index contributed by atoms with van der Waals surface area (Å²) in [6.07, 6.45) is 3.35. The third-order valence-electron chi connectivity index (χ3n) is 3.69. The Labute approximate surface area is 129 Å². The average Bonchev–Trinajstić information content (AvgIpc) is 3.05. The Morgan fingerprint density at radius 2 is 2.00 bits per heavy atom. The Hall–Kier alpha value is -1.78. The first-order valence-electron chi connectivity index (χ1n) is 7.23. The Kier molecular flexibility index (Phi) is 3.99. The van der Waals surface area contributed by atoms with E-state index < -0.39 is 0 Å². The minimum atomic E-state index is 0.867. The number of anilines is 1. The summed E-state index contributed by atoms with van der Waals surface area (Å²) < 4.78 is 2.34. The van der Waals surface area contributed by atoms with Crippen molar-refractivity contribution < 1.29 is 0 Å². The summed E-state index contributed by atoms with van der Waals surface area (Å²) in [5.41, 5.74) is 8.38. The molecule has 0 fully saturated rings. The maximum absolute atomic E-state index is 5.82. The fourth-order valence-corrected chi connectivity index (χ4v) is 3.38. The van der Waals surface area contributed by atoms with Crippen molar-refractivity contribution in [3.8, 4) is 10.4 Å². The molecule has 0 aliphatic rings. The molecule has 110 valence electrons. The molecule has 2 aromatic heterocycles. The van der Waals surface area contributed by atoms with Crippen LogP contribution in [0.1, 0.15) is 6.42 Å². The quantitative estimate of drug-likeness (QED) is 0.775. The van der Waals surface area contributed by atoms with E-state index in [-0.39, 0.29) is 0 Å². The van der Waals surface area contributed by atoms with Crippen LogP contribution in [0.25, 0.3) is 21.3 Å². The smallest absolute Gasteiger partial charge is 0.0862 e. The van der Waals surface area contributed by atoms with Crippen LogP contribution in [-0.4, -0.2) is 30.1 Å². The van der Waals surface area contributed by atoms with Gasteiger partial charge in [0.25, 0.3) is 0 Å². The van der Waals surface area contributed by atoms with Crippen LogP contribution in [0.15, 0.2) is 42.6 Å². The summed E-state index contributed by atoms with van der Waals surface area (Å²) in [7, 11) is 4.24. The van der Waals surface area contributed by atoms with Crippen LogP contribution in [0.5, 0.6) is 0 Å². The van der Waals surface area contributed by atoms with Gasteiger partial charge in [-0.15, -0.1) is 11.3 Å². The van der Waals surface area contributed by atoms with Crippen LogP contribution in [0.3, 0.4) is 0 Å². The highest BCUT2D eigenvalue weighted by Gasteiger charge is 2.05. The first-order valence-corrected chi connectivity index (χ1v) is 8.04. The molecule has 2 N–H and O–H groups in total. The van der Waals surface area contributed by atoms with Crippen molar-refractivity contribution in [2.45, 2.75) is 13.0 Å². The van der Waals surface area contributed by atoms with Gasteiger partial charge in [0.1, 0.15) is 0 Å². The third-order valence-corrected chi connectivity index (χ3v) is 4.65. The van der Waals surface area contributed by atoms with Crippen molar-refractivity contribution in [2.75, 3.05) is 26.4 Å². The monoisotopic (exact) mass is 299 g/mol. The zero-order valence-electron chi connectivity index (χ0n) is 12.5. The number of benzene rings is 1. The van der Waals surface area contributed by atoms with Gasteiger partial charge < -0.3 is 15.2 Å². The molecule has 0 saturated heterocycles. The number of nitrogens with zero attached hydrogens (tertiary/aromatic N) is 2. The predicted octanol–water partition coefficient (Wildman–Crippen LogP) is 3.90. The molecule has 3 aromatic rings. The molecule has 2 heterocycles. The highest BCUT2D eigenvalue weighted by atomic mass is 32.1. The number of hydrogen-bond donors (Lipinski definition) is 1. The van der Waals surface area contributed by atoms with Gasteiger partial charge in [-0.05, 0) is 63.0 Å². The van der Waals surface area contributed by atoms with Crippen molar-refractivity contribution in [3.63, 3.8) is 0 Å². The number of aryl methyl sites for hydroxylation is 1. The van der Waals surface area contributed by atoms with Gasteiger partial charge in [0.05, 0.1) is 5.00 Å². The molecule has 0 aliphatic carbocycles. The van der Waals surface area contributed by atoms with Gasteiger partial charge in [-0.1, -0.05) is 6.07 Å². The molecule has 0 unspecified atom stereocenters. The van der Waals surface area contributed by atoms with Gasteiger partial charge in [0.2, 0.25) is 0 Å². The number of aromatic nitrogens is 1. The first-order chi connectivity index (χ1) is 10.1. The standard InChI is InChI=1S/C17H21N3S/c1-19(2)9-3-10-20-11-8-13-12-14(4-5-15(13)20)16-6-7-17(18)21-16/h4-8,11-12H,3,9-10,18H2,1-2H3. The minimum absolute atomic E-state index is 0.867. The molecule has 3 nitrogen and oxygen atoms in total. The lowest BCUT2D eigenvalue weighted by molar-refractivity contribution is 0.388. The first kappa shape index (κ1) is 14.2. The van der Waals surface area contributed by atoms with E-state index in [1.54, 1.807) is 11.3 Å². The zero-order chi connectivity index (χ0) is 14.8. The van der Waals surface area contributed by atoms with Gasteiger partial charge >= 0.3 is 0 Å². The summed E-state index contributed by atoms with van der Waals surface area (Å²) in [6.45, 7) is 2.18. The maximum atomic E-state index is 5.82. The van der Waals surface area contributed by atoms with Gasteiger partial charge in [-0.2, -0.15) is 0 Å². The van der Waals surface area contributed by atoms with E-state index in [4.69, 9.17) is 5.73 Å². The Morgan fingerprint density at radius 3 is 2.71 bits per heavy atom. The lowest BCUT2D eigenvalue weighted by Gasteiger charge is -2.10. The highest BCUT2D eigenvalue weighted by molar-refractivity contribution is 7.19. The predicted molar refractivity (Wildman–Crippen MR) is 92.8 cm³/mol. The second kappa shape index (κ2) is 5.92. The van der Waals surface area contributed by atoms with Crippen LogP contribution < -0.4 is 5.73 Å². The molecule has 0 aliphatic heterocycles. The minimum Gasteiger partial charge on any atom is -0.391 e. The SMILES string of the molecule is CN(C)CCCn1ccc2cc(-c3ccc(N)s3)ccc21. The Morgan fingerprint density at radius 1 is 1.14 bits per heavy atom. The van der Waals surface area contributed by atoms with Crippen LogP contribution in [0, 0.1) is 0 Å².